The van der Waals surface area contributed by atoms with Crippen LogP contribution in [0.3, 0.4) is 0 Å². The molecule has 116 valence electrons. The summed E-state index contributed by atoms with van der Waals surface area (Å²) >= 11 is 15.0. The first-order valence-electron chi connectivity index (χ1n) is 7.11. The van der Waals surface area contributed by atoms with Crippen LogP contribution < -0.4 is 5.73 Å². The molecule has 2 aliphatic heterocycles. The third-order valence-electron chi connectivity index (χ3n) is 4.61. The van der Waals surface area contributed by atoms with Gasteiger partial charge in [-0.1, -0.05) is 42.5 Å². The van der Waals surface area contributed by atoms with Crippen LogP contribution in [0.5, 0.6) is 0 Å². The number of nitrogens with two attached hydrogens (primary N) is 1. The van der Waals surface area contributed by atoms with Crippen molar-refractivity contribution >= 4 is 44.7 Å². The van der Waals surface area contributed by atoms with Crippen molar-refractivity contribution in [2.24, 2.45) is 5.73 Å². The minimum absolute atomic E-state index is 0.273. The monoisotopic (exact) mass is 397 g/mol. The van der Waals surface area contributed by atoms with Crippen LogP contribution in [-0.2, 0) is 5.41 Å². The van der Waals surface area contributed by atoms with Gasteiger partial charge in [0.15, 0.2) is 0 Å². The molecule has 2 bridgehead atoms. The smallest absolute Gasteiger partial charge is 0.0836 e. The molecule has 3 rings (SSSR count). The Morgan fingerprint density at radius 2 is 2.09 bits per heavy atom. The molecule has 1 fully saturated rings. The number of pyridine rings is 1. The maximum atomic E-state index is 6.18. The zero-order valence-electron chi connectivity index (χ0n) is 12.0. The number of piperidine rings is 1. The average molecular weight is 399 g/mol. The fraction of sp³-hybridized carbons (Fsp3) is 0.375. The molecule has 0 spiro atoms. The SMILES string of the molecule is C=C(Cl)CN1[C@@H]2C=C[C@@H]1CC(C(N)=S)(c1cncc(Br)c1)C2. The van der Waals surface area contributed by atoms with Crippen LogP contribution in [0, 0.1) is 0 Å². The lowest BCUT2D eigenvalue weighted by Gasteiger charge is -2.46. The van der Waals surface area contributed by atoms with Gasteiger partial charge in [-0.05, 0) is 40.4 Å². The van der Waals surface area contributed by atoms with Crippen molar-refractivity contribution in [3.05, 3.63) is 52.3 Å². The van der Waals surface area contributed by atoms with Gasteiger partial charge in [0.05, 0.1) is 10.4 Å². The fourth-order valence-electron chi connectivity index (χ4n) is 3.58. The predicted octanol–water partition coefficient (Wildman–Crippen LogP) is 3.52. The first-order valence-corrected chi connectivity index (χ1v) is 8.68. The van der Waals surface area contributed by atoms with E-state index in [2.05, 4.69) is 50.6 Å². The van der Waals surface area contributed by atoms with E-state index in [1.165, 1.54) is 0 Å². The third-order valence-corrected chi connectivity index (χ3v) is 5.55. The first-order chi connectivity index (χ1) is 10.4. The van der Waals surface area contributed by atoms with Gasteiger partial charge in [-0.3, -0.25) is 9.88 Å². The normalized spacial score (nSPS) is 30.5. The first kappa shape index (κ1) is 16.1. The number of halogens is 2. The van der Waals surface area contributed by atoms with Crippen molar-refractivity contribution in [1.82, 2.24) is 9.88 Å². The fourth-order valence-corrected chi connectivity index (χ4v) is 4.36. The number of aromatic nitrogens is 1. The Kier molecular flexibility index (Phi) is 4.42. The second-order valence-electron chi connectivity index (χ2n) is 5.96. The molecular weight excluding hydrogens is 382 g/mol. The summed E-state index contributed by atoms with van der Waals surface area (Å²) < 4.78 is 0.942. The molecular formula is C16H17BrClN3S. The number of hydrogen-bond donors (Lipinski definition) is 1. The highest BCUT2D eigenvalue weighted by atomic mass is 79.9. The van der Waals surface area contributed by atoms with E-state index in [9.17, 15) is 0 Å². The zero-order chi connectivity index (χ0) is 15.9. The van der Waals surface area contributed by atoms with Gasteiger partial charge in [0, 0.05) is 40.5 Å². The minimum atomic E-state index is -0.324. The largest absolute Gasteiger partial charge is 0.393 e. The van der Waals surface area contributed by atoms with E-state index in [1.807, 2.05) is 6.20 Å². The Bertz CT molecular complexity index is 645. The van der Waals surface area contributed by atoms with E-state index < -0.39 is 0 Å². The number of nitrogens with zero attached hydrogens (tertiary/aromatic N) is 2. The Morgan fingerprint density at radius 1 is 1.45 bits per heavy atom. The maximum Gasteiger partial charge on any atom is 0.0836 e. The van der Waals surface area contributed by atoms with Gasteiger partial charge >= 0.3 is 0 Å². The summed E-state index contributed by atoms with van der Waals surface area (Å²) in [6, 6.07) is 2.62. The quantitative estimate of drug-likeness (QED) is 0.622. The van der Waals surface area contributed by atoms with E-state index in [0.29, 0.717) is 16.6 Å². The molecule has 2 atom stereocenters. The molecule has 2 aliphatic rings. The van der Waals surface area contributed by atoms with Crippen molar-refractivity contribution in [3.63, 3.8) is 0 Å². The van der Waals surface area contributed by atoms with Crippen molar-refractivity contribution in [1.29, 1.82) is 0 Å². The van der Waals surface area contributed by atoms with Crippen molar-refractivity contribution < 1.29 is 0 Å². The predicted molar refractivity (Wildman–Crippen MR) is 98.0 cm³/mol. The molecule has 3 nitrogen and oxygen atoms in total. The van der Waals surface area contributed by atoms with Gasteiger partial charge in [0.25, 0.3) is 0 Å². The lowest BCUT2D eigenvalue weighted by Crippen LogP contribution is -2.55. The lowest BCUT2D eigenvalue weighted by molar-refractivity contribution is 0.137. The van der Waals surface area contributed by atoms with Gasteiger partial charge in [-0.15, -0.1) is 0 Å². The van der Waals surface area contributed by atoms with Crippen LogP contribution >= 0.6 is 39.7 Å². The Balaban J connectivity index is 1.96. The van der Waals surface area contributed by atoms with Crippen LogP contribution in [0.1, 0.15) is 18.4 Å². The second kappa shape index (κ2) is 6.04. The Hall–Kier alpha value is -0.750. The van der Waals surface area contributed by atoms with Gasteiger partial charge in [-0.2, -0.15) is 0 Å². The van der Waals surface area contributed by atoms with E-state index >= 15 is 0 Å². The van der Waals surface area contributed by atoms with E-state index in [1.54, 1.807) is 6.20 Å². The van der Waals surface area contributed by atoms with Crippen LogP contribution in [0.15, 0.2) is 46.7 Å². The molecule has 22 heavy (non-hydrogen) atoms. The standard InChI is InChI=1S/C16H17BrClN3S/c1-10(18)9-21-13-2-3-14(21)6-16(5-13,15(19)22)11-4-12(17)8-20-7-11/h2-4,7-8,13-14H,1,5-6,9H2,(H2,19,22)/t13-,14-/m1/s1. The Morgan fingerprint density at radius 3 is 2.59 bits per heavy atom. The molecule has 6 heteroatoms. The summed E-state index contributed by atoms with van der Waals surface area (Å²) in [5.41, 5.74) is 6.94. The number of thiocarbonyl (C=S) groups is 1. The topological polar surface area (TPSA) is 42.1 Å². The minimum Gasteiger partial charge on any atom is -0.393 e. The highest BCUT2D eigenvalue weighted by Crippen LogP contribution is 2.45. The molecule has 0 aliphatic carbocycles. The summed E-state index contributed by atoms with van der Waals surface area (Å²) in [6.07, 6.45) is 9.80. The molecule has 1 aromatic rings. The summed E-state index contributed by atoms with van der Waals surface area (Å²) in [5.74, 6) is 0. The zero-order valence-corrected chi connectivity index (χ0v) is 15.2. The van der Waals surface area contributed by atoms with Crippen LogP contribution in [0.4, 0.5) is 0 Å². The summed E-state index contributed by atoms with van der Waals surface area (Å²) in [5, 5.41) is 0.658. The van der Waals surface area contributed by atoms with Gasteiger partial charge in [0.2, 0.25) is 0 Å². The van der Waals surface area contributed by atoms with Gasteiger partial charge in [0.1, 0.15) is 0 Å². The second-order valence-corrected chi connectivity index (χ2v) is 7.85. The number of fused-ring (bicyclic) bond motifs is 2. The van der Waals surface area contributed by atoms with Gasteiger partial charge < -0.3 is 5.73 Å². The molecule has 0 aromatic carbocycles. The molecule has 0 amide bonds. The average Bonchev–Trinajstić information content (AvgIpc) is 2.70. The molecule has 1 aromatic heterocycles. The van der Waals surface area contributed by atoms with E-state index in [0.717, 1.165) is 22.9 Å². The lowest BCUT2D eigenvalue weighted by atomic mass is 9.70. The van der Waals surface area contributed by atoms with E-state index in [-0.39, 0.29) is 17.5 Å². The Labute approximate surface area is 149 Å². The third kappa shape index (κ3) is 2.75. The number of hydrogen-bond acceptors (Lipinski definition) is 3. The van der Waals surface area contributed by atoms with Gasteiger partial charge in [-0.25, -0.2) is 0 Å². The van der Waals surface area contributed by atoms with Crippen LogP contribution in [0.25, 0.3) is 0 Å². The molecule has 0 saturated carbocycles. The summed E-state index contributed by atoms with van der Waals surface area (Å²) in [6.45, 7) is 4.50. The molecule has 1 saturated heterocycles. The summed E-state index contributed by atoms with van der Waals surface area (Å²) in [7, 11) is 0. The molecule has 2 N–H and O–H groups in total. The molecule has 0 radical (unpaired) electrons. The van der Waals surface area contributed by atoms with Crippen LogP contribution in [-0.4, -0.2) is 33.5 Å². The van der Waals surface area contributed by atoms with Crippen molar-refractivity contribution in [2.45, 2.75) is 30.3 Å². The maximum absolute atomic E-state index is 6.18. The highest BCUT2D eigenvalue weighted by molar-refractivity contribution is 9.10. The molecule has 3 heterocycles. The number of rotatable bonds is 4. The molecule has 0 unspecified atom stereocenters. The van der Waals surface area contributed by atoms with Crippen molar-refractivity contribution in [3.8, 4) is 0 Å². The van der Waals surface area contributed by atoms with Crippen molar-refractivity contribution in [2.75, 3.05) is 6.54 Å². The van der Waals surface area contributed by atoms with E-state index in [4.69, 9.17) is 29.6 Å². The van der Waals surface area contributed by atoms with Crippen LogP contribution in [0.2, 0.25) is 0 Å². The highest BCUT2D eigenvalue weighted by Gasteiger charge is 2.48. The summed E-state index contributed by atoms with van der Waals surface area (Å²) in [4.78, 5) is 7.19.